The highest BCUT2D eigenvalue weighted by Gasteiger charge is 2.18. The maximum Gasteiger partial charge on any atom is 0.251 e. The van der Waals surface area contributed by atoms with Crippen LogP contribution in [0, 0.1) is 0 Å². The molecule has 3 N–H and O–H groups in total. The molecule has 5 nitrogen and oxygen atoms in total. The van der Waals surface area contributed by atoms with Crippen LogP contribution in [0.2, 0.25) is 0 Å². The molecule has 2 amide bonds. The largest absolute Gasteiger partial charge is 0.497 e. The molecule has 0 aliphatic carbocycles. The van der Waals surface area contributed by atoms with E-state index in [2.05, 4.69) is 5.32 Å². The number of nitrogens with one attached hydrogen (secondary N) is 1. The van der Waals surface area contributed by atoms with Crippen molar-refractivity contribution in [1.29, 1.82) is 0 Å². The number of rotatable bonds is 6. The number of hydrogen-bond acceptors (Lipinski definition) is 5. The fourth-order valence-corrected chi connectivity index (χ4v) is 3.39. The van der Waals surface area contributed by atoms with Crippen molar-refractivity contribution in [3.63, 3.8) is 0 Å². The van der Waals surface area contributed by atoms with Gasteiger partial charge >= 0.3 is 0 Å². The molecule has 0 radical (unpaired) electrons. The lowest BCUT2D eigenvalue weighted by atomic mass is 10.3. The van der Waals surface area contributed by atoms with Gasteiger partial charge in [-0.15, -0.1) is 23.1 Å². The highest BCUT2D eigenvalue weighted by atomic mass is 32.2. The molecule has 7 heteroatoms. The van der Waals surface area contributed by atoms with Crippen LogP contribution in [0.1, 0.15) is 17.3 Å². The lowest BCUT2D eigenvalue weighted by Crippen LogP contribution is -2.23. The van der Waals surface area contributed by atoms with Crippen LogP contribution in [0.5, 0.6) is 5.75 Å². The minimum Gasteiger partial charge on any atom is -0.497 e. The van der Waals surface area contributed by atoms with Gasteiger partial charge in [-0.2, -0.15) is 0 Å². The van der Waals surface area contributed by atoms with E-state index in [4.69, 9.17) is 10.5 Å². The predicted molar refractivity (Wildman–Crippen MR) is 89.8 cm³/mol. The van der Waals surface area contributed by atoms with Gasteiger partial charge in [0.05, 0.1) is 17.9 Å². The van der Waals surface area contributed by atoms with Crippen LogP contribution in [0.3, 0.4) is 0 Å². The van der Waals surface area contributed by atoms with Gasteiger partial charge in [-0.3, -0.25) is 9.59 Å². The third kappa shape index (κ3) is 4.02. The zero-order chi connectivity index (χ0) is 16.1. The fourth-order valence-electron chi connectivity index (χ4n) is 1.73. The topological polar surface area (TPSA) is 81.4 Å². The Morgan fingerprint density at radius 3 is 2.55 bits per heavy atom. The van der Waals surface area contributed by atoms with Crippen LogP contribution in [0.25, 0.3) is 0 Å². The number of carbonyl (C=O) groups is 2. The number of thiophene rings is 1. The Labute approximate surface area is 136 Å². The highest BCUT2D eigenvalue weighted by Crippen LogP contribution is 2.28. The number of methoxy groups -OCH3 is 1. The number of hydrogen-bond donors (Lipinski definition) is 2. The van der Waals surface area contributed by atoms with Crippen molar-refractivity contribution in [2.45, 2.75) is 17.1 Å². The molecule has 2 rings (SSSR count). The molecular weight excluding hydrogens is 320 g/mol. The molecule has 1 heterocycles. The first-order valence-electron chi connectivity index (χ1n) is 6.50. The van der Waals surface area contributed by atoms with Crippen molar-refractivity contribution in [3.05, 3.63) is 41.3 Å². The Kier molecular flexibility index (Phi) is 5.46. The van der Waals surface area contributed by atoms with Gasteiger partial charge in [-0.25, -0.2) is 0 Å². The van der Waals surface area contributed by atoms with Gasteiger partial charge in [0.25, 0.3) is 5.91 Å². The summed E-state index contributed by atoms with van der Waals surface area (Å²) in [6.07, 6.45) is 0. The highest BCUT2D eigenvalue weighted by molar-refractivity contribution is 8.00. The normalized spacial score (nSPS) is 11.7. The van der Waals surface area contributed by atoms with Gasteiger partial charge < -0.3 is 15.8 Å². The first kappa shape index (κ1) is 16.4. The maximum atomic E-state index is 12.2. The van der Waals surface area contributed by atoms with Crippen molar-refractivity contribution in [1.82, 2.24) is 0 Å². The monoisotopic (exact) mass is 336 g/mol. The summed E-state index contributed by atoms with van der Waals surface area (Å²) in [7, 11) is 1.61. The van der Waals surface area contributed by atoms with Crippen LogP contribution in [0.15, 0.2) is 40.6 Å². The molecule has 0 saturated carbocycles. The molecule has 0 bridgehead atoms. The zero-order valence-corrected chi connectivity index (χ0v) is 13.8. The van der Waals surface area contributed by atoms with Gasteiger partial charge in [0, 0.05) is 4.90 Å². The SMILES string of the molecule is COc1ccc(S[C@@H](C)C(=O)Nc2sccc2C(N)=O)cc1. The Balaban J connectivity index is 1.99. The number of primary amides is 1. The first-order valence-corrected chi connectivity index (χ1v) is 8.26. The summed E-state index contributed by atoms with van der Waals surface area (Å²) in [6.45, 7) is 1.81. The van der Waals surface area contributed by atoms with Crippen molar-refractivity contribution >= 4 is 39.9 Å². The molecule has 1 aromatic heterocycles. The van der Waals surface area contributed by atoms with Crippen LogP contribution in [0.4, 0.5) is 5.00 Å². The molecule has 0 aliphatic heterocycles. The van der Waals surface area contributed by atoms with Gasteiger partial charge in [0.1, 0.15) is 10.8 Å². The Hall–Kier alpha value is -1.99. The zero-order valence-electron chi connectivity index (χ0n) is 12.2. The summed E-state index contributed by atoms with van der Waals surface area (Å²) in [5, 5.41) is 4.64. The fraction of sp³-hybridized carbons (Fsp3) is 0.200. The summed E-state index contributed by atoms with van der Waals surface area (Å²) in [5.74, 6) is 0.0453. The molecule has 0 aliphatic rings. The van der Waals surface area contributed by atoms with E-state index in [0.29, 0.717) is 10.6 Å². The van der Waals surface area contributed by atoms with Gasteiger partial charge in [0.15, 0.2) is 0 Å². The summed E-state index contributed by atoms with van der Waals surface area (Å²) >= 11 is 2.70. The van der Waals surface area contributed by atoms with Crippen LogP contribution >= 0.6 is 23.1 Å². The second kappa shape index (κ2) is 7.33. The standard InChI is InChI=1S/C15H16N2O3S2/c1-9(22-11-5-3-10(20-2)4-6-11)14(19)17-15-12(13(16)18)7-8-21-15/h3-9H,1-2H3,(H2,16,18)(H,17,19)/t9-/m0/s1. The predicted octanol–water partition coefficient (Wildman–Crippen LogP) is 2.97. The quantitative estimate of drug-likeness (QED) is 0.795. The Morgan fingerprint density at radius 1 is 1.27 bits per heavy atom. The minimum atomic E-state index is -0.549. The van der Waals surface area contributed by atoms with E-state index in [1.165, 1.54) is 23.1 Å². The van der Waals surface area contributed by atoms with Crippen molar-refractivity contribution < 1.29 is 14.3 Å². The summed E-state index contributed by atoms with van der Waals surface area (Å²) in [6, 6.07) is 9.08. The van der Waals surface area contributed by atoms with E-state index >= 15 is 0 Å². The number of benzene rings is 1. The molecule has 116 valence electrons. The number of amides is 2. The summed E-state index contributed by atoms with van der Waals surface area (Å²) in [4.78, 5) is 24.4. The molecule has 0 spiro atoms. The van der Waals surface area contributed by atoms with Crippen LogP contribution < -0.4 is 15.8 Å². The van der Waals surface area contributed by atoms with Crippen molar-refractivity contribution in [2.24, 2.45) is 5.73 Å². The number of ether oxygens (including phenoxy) is 1. The van der Waals surface area contributed by atoms with E-state index in [9.17, 15) is 9.59 Å². The van der Waals surface area contributed by atoms with Crippen molar-refractivity contribution in [2.75, 3.05) is 12.4 Å². The lowest BCUT2D eigenvalue weighted by Gasteiger charge is -2.12. The second-order valence-electron chi connectivity index (χ2n) is 4.45. The smallest absolute Gasteiger partial charge is 0.251 e. The van der Waals surface area contributed by atoms with E-state index in [0.717, 1.165) is 10.6 Å². The number of nitrogens with two attached hydrogens (primary N) is 1. The third-order valence-electron chi connectivity index (χ3n) is 2.91. The molecule has 0 unspecified atom stereocenters. The molecule has 0 fully saturated rings. The molecule has 1 atom stereocenters. The summed E-state index contributed by atoms with van der Waals surface area (Å²) < 4.78 is 5.10. The molecule has 1 aromatic carbocycles. The van der Waals surface area contributed by atoms with E-state index in [-0.39, 0.29) is 11.2 Å². The maximum absolute atomic E-state index is 12.2. The minimum absolute atomic E-state index is 0.175. The second-order valence-corrected chi connectivity index (χ2v) is 6.78. The summed E-state index contributed by atoms with van der Waals surface area (Å²) in [5.41, 5.74) is 5.59. The average molecular weight is 336 g/mol. The van der Waals surface area contributed by atoms with E-state index in [1.54, 1.807) is 18.6 Å². The van der Waals surface area contributed by atoms with Crippen LogP contribution in [-0.2, 0) is 4.79 Å². The number of anilines is 1. The average Bonchev–Trinajstić information content (AvgIpc) is 2.96. The molecule has 2 aromatic rings. The van der Waals surface area contributed by atoms with Gasteiger partial charge in [-0.1, -0.05) is 0 Å². The molecular formula is C15H16N2O3S2. The Morgan fingerprint density at radius 2 is 1.95 bits per heavy atom. The number of thioether (sulfide) groups is 1. The number of carbonyl (C=O) groups excluding carboxylic acids is 2. The lowest BCUT2D eigenvalue weighted by molar-refractivity contribution is -0.115. The van der Waals surface area contributed by atoms with Gasteiger partial charge in [0.2, 0.25) is 5.91 Å². The van der Waals surface area contributed by atoms with E-state index < -0.39 is 5.91 Å². The molecule has 0 saturated heterocycles. The van der Waals surface area contributed by atoms with Crippen molar-refractivity contribution in [3.8, 4) is 5.75 Å². The third-order valence-corrected chi connectivity index (χ3v) is 4.85. The Bertz CT molecular complexity index is 668. The van der Waals surface area contributed by atoms with E-state index in [1.807, 2.05) is 31.2 Å². The van der Waals surface area contributed by atoms with Crippen LogP contribution in [-0.4, -0.2) is 24.2 Å². The van der Waals surface area contributed by atoms with Gasteiger partial charge in [-0.05, 0) is 42.6 Å². The first-order chi connectivity index (χ1) is 10.5. The molecule has 22 heavy (non-hydrogen) atoms.